The highest BCUT2D eigenvalue weighted by molar-refractivity contribution is 6.00. The molecule has 1 aliphatic heterocycles. The van der Waals surface area contributed by atoms with E-state index < -0.39 is 6.10 Å². The maximum Gasteiger partial charge on any atom is 0.268 e. The van der Waals surface area contributed by atoms with E-state index >= 15 is 0 Å². The number of nitrogens with zero attached hydrogens (tertiary/aromatic N) is 1. The topological polar surface area (TPSA) is 55.6 Å². The van der Waals surface area contributed by atoms with Crippen LogP contribution >= 0.6 is 0 Å². The number of hydrogen-bond acceptors (Lipinski definition) is 3. The number of nitrogens with two attached hydrogens (primary N) is 1. The first kappa shape index (κ1) is 15.6. The minimum absolute atomic E-state index is 0.0321. The molecule has 4 nitrogen and oxygen atoms in total. The van der Waals surface area contributed by atoms with Gasteiger partial charge in [-0.1, -0.05) is 26.0 Å². The summed E-state index contributed by atoms with van der Waals surface area (Å²) in [7, 11) is 0. The molecule has 114 valence electrons. The number of benzene rings is 1. The lowest BCUT2D eigenvalue weighted by Gasteiger charge is -2.33. The van der Waals surface area contributed by atoms with Crippen LogP contribution in [0.15, 0.2) is 30.9 Å². The number of ether oxygens (including phenoxy) is 1. The van der Waals surface area contributed by atoms with Gasteiger partial charge in [0.2, 0.25) is 0 Å². The molecule has 2 N–H and O–H groups in total. The van der Waals surface area contributed by atoms with Crippen LogP contribution < -0.4 is 15.4 Å². The fourth-order valence-electron chi connectivity index (χ4n) is 2.62. The molecule has 0 bridgehead atoms. The quantitative estimate of drug-likeness (QED) is 0.847. The van der Waals surface area contributed by atoms with Crippen LogP contribution in [0.25, 0.3) is 0 Å². The van der Waals surface area contributed by atoms with Crippen molar-refractivity contribution in [2.45, 2.75) is 39.3 Å². The van der Waals surface area contributed by atoms with Crippen LogP contribution in [0.1, 0.15) is 38.8 Å². The Morgan fingerprint density at radius 1 is 1.48 bits per heavy atom. The van der Waals surface area contributed by atoms with Crippen molar-refractivity contribution in [3.8, 4) is 5.75 Å². The van der Waals surface area contributed by atoms with Gasteiger partial charge < -0.3 is 15.4 Å². The van der Waals surface area contributed by atoms with Crippen LogP contribution in [0, 0.1) is 5.92 Å². The van der Waals surface area contributed by atoms with E-state index in [1.54, 1.807) is 17.9 Å². The summed E-state index contributed by atoms with van der Waals surface area (Å²) < 4.78 is 5.67. The predicted molar refractivity (Wildman–Crippen MR) is 85.5 cm³/mol. The summed E-state index contributed by atoms with van der Waals surface area (Å²) in [5.74, 6) is 1.21. The van der Waals surface area contributed by atoms with E-state index in [2.05, 4.69) is 20.4 Å². The van der Waals surface area contributed by atoms with Crippen molar-refractivity contribution in [1.82, 2.24) is 0 Å². The van der Waals surface area contributed by atoms with Crippen molar-refractivity contribution in [1.29, 1.82) is 0 Å². The summed E-state index contributed by atoms with van der Waals surface area (Å²) in [5.41, 5.74) is 8.06. The van der Waals surface area contributed by atoms with Crippen molar-refractivity contribution >= 4 is 11.6 Å². The smallest absolute Gasteiger partial charge is 0.268 e. The average molecular weight is 288 g/mol. The van der Waals surface area contributed by atoms with Gasteiger partial charge in [0.1, 0.15) is 5.75 Å². The van der Waals surface area contributed by atoms with E-state index in [0.717, 1.165) is 23.4 Å². The van der Waals surface area contributed by atoms with Crippen molar-refractivity contribution in [2.75, 3.05) is 11.4 Å². The van der Waals surface area contributed by atoms with E-state index in [-0.39, 0.29) is 11.9 Å². The second-order valence-corrected chi connectivity index (χ2v) is 5.96. The first-order valence-corrected chi connectivity index (χ1v) is 7.42. The second kappa shape index (κ2) is 6.31. The Labute approximate surface area is 126 Å². The molecule has 2 unspecified atom stereocenters. The van der Waals surface area contributed by atoms with Crippen LogP contribution in [-0.2, 0) is 4.79 Å². The highest BCUT2D eigenvalue weighted by Gasteiger charge is 2.31. The molecule has 21 heavy (non-hydrogen) atoms. The molecule has 4 heteroatoms. The SMILES string of the molecule is C=CCN1C(=O)C(C)Oc2ccc(C(N)CC(C)C)cc21. The molecule has 2 atom stereocenters. The molecule has 1 aromatic carbocycles. The van der Waals surface area contributed by atoms with Gasteiger partial charge in [-0.05, 0) is 37.0 Å². The monoisotopic (exact) mass is 288 g/mol. The number of amides is 1. The van der Waals surface area contributed by atoms with Gasteiger partial charge in [0.05, 0.1) is 5.69 Å². The molecule has 0 aliphatic carbocycles. The number of hydrogen-bond donors (Lipinski definition) is 1. The number of anilines is 1. The molecule has 0 saturated carbocycles. The number of rotatable bonds is 5. The van der Waals surface area contributed by atoms with E-state index in [1.165, 1.54) is 0 Å². The summed E-state index contributed by atoms with van der Waals surface area (Å²) in [6.07, 6.45) is 2.17. The zero-order chi connectivity index (χ0) is 15.6. The van der Waals surface area contributed by atoms with Gasteiger partial charge in [-0.25, -0.2) is 0 Å². The third kappa shape index (κ3) is 3.27. The second-order valence-electron chi connectivity index (χ2n) is 5.96. The predicted octanol–water partition coefficient (Wildman–Crippen LogP) is 3.03. The summed E-state index contributed by atoms with van der Waals surface area (Å²) in [6.45, 7) is 10.3. The number of carbonyl (C=O) groups is 1. The van der Waals surface area contributed by atoms with Gasteiger partial charge >= 0.3 is 0 Å². The van der Waals surface area contributed by atoms with Crippen LogP contribution in [-0.4, -0.2) is 18.6 Å². The Hall–Kier alpha value is -1.81. The van der Waals surface area contributed by atoms with Crippen LogP contribution in [0.2, 0.25) is 0 Å². The van der Waals surface area contributed by atoms with Crippen LogP contribution in [0.5, 0.6) is 5.75 Å². The van der Waals surface area contributed by atoms with Gasteiger partial charge in [-0.15, -0.1) is 6.58 Å². The Kier molecular flexibility index (Phi) is 4.68. The molecule has 0 fully saturated rings. The van der Waals surface area contributed by atoms with Gasteiger partial charge in [-0.2, -0.15) is 0 Å². The molecule has 0 spiro atoms. The molecular weight excluding hydrogens is 264 g/mol. The van der Waals surface area contributed by atoms with Crippen molar-refractivity contribution in [3.05, 3.63) is 36.4 Å². The number of fused-ring (bicyclic) bond motifs is 1. The summed E-state index contributed by atoms with van der Waals surface area (Å²) in [6, 6.07) is 5.83. The van der Waals surface area contributed by atoms with E-state index in [1.807, 2.05) is 18.2 Å². The van der Waals surface area contributed by atoms with Crippen LogP contribution in [0.3, 0.4) is 0 Å². The van der Waals surface area contributed by atoms with Crippen molar-refractivity contribution in [2.24, 2.45) is 11.7 Å². The molecule has 1 heterocycles. The summed E-state index contributed by atoms with van der Waals surface area (Å²) in [5, 5.41) is 0. The first-order chi connectivity index (χ1) is 9.93. The summed E-state index contributed by atoms with van der Waals surface area (Å²) in [4.78, 5) is 14.0. The van der Waals surface area contributed by atoms with E-state index in [0.29, 0.717) is 12.5 Å². The van der Waals surface area contributed by atoms with E-state index in [4.69, 9.17) is 10.5 Å². The molecule has 1 aliphatic rings. The maximum absolute atomic E-state index is 12.3. The minimum atomic E-state index is -0.465. The Morgan fingerprint density at radius 2 is 2.19 bits per heavy atom. The first-order valence-electron chi connectivity index (χ1n) is 7.42. The maximum atomic E-state index is 12.3. The van der Waals surface area contributed by atoms with Gasteiger partial charge in [-0.3, -0.25) is 4.79 Å². The van der Waals surface area contributed by atoms with Crippen molar-refractivity contribution in [3.63, 3.8) is 0 Å². The third-order valence-corrected chi connectivity index (χ3v) is 3.66. The fourth-order valence-corrected chi connectivity index (χ4v) is 2.62. The zero-order valence-electron chi connectivity index (χ0n) is 13.0. The Morgan fingerprint density at radius 3 is 2.81 bits per heavy atom. The molecular formula is C17H24N2O2. The Bertz CT molecular complexity index is 540. The van der Waals surface area contributed by atoms with Gasteiger partial charge in [0.15, 0.2) is 6.10 Å². The number of carbonyl (C=O) groups excluding carboxylic acids is 1. The highest BCUT2D eigenvalue weighted by Crippen LogP contribution is 2.36. The molecule has 0 aromatic heterocycles. The molecule has 1 amide bonds. The summed E-state index contributed by atoms with van der Waals surface area (Å²) >= 11 is 0. The lowest BCUT2D eigenvalue weighted by atomic mass is 9.97. The highest BCUT2D eigenvalue weighted by atomic mass is 16.5. The molecule has 1 aromatic rings. The zero-order valence-corrected chi connectivity index (χ0v) is 13.0. The van der Waals surface area contributed by atoms with Crippen molar-refractivity contribution < 1.29 is 9.53 Å². The molecule has 0 saturated heterocycles. The minimum Gasteiger partial charge on any atom is -0.479 e. The third-order valence-electron chi connectivity index (χ3n) is 3.66. The fraction of sp³-hybridized carbons (Fsp3) is 0.471. The normalized spacial score (nSPS) is 19.2. The standard InChI is InChI=1S/C17H24N2O2/c1-5-8-19-15-10-13(14(18)9-11(2)3)6-7-16(15)21-12(4)17(19)20/h5-7,10-12,14H,1,8-9,18H2,2-4H3. The molecule has 2 rings (SSSR count). The van der Waals surface area contributed by atoms with Gasteiger partial charge in [0, 0.05) is 12.6 Å². The van der Waals surface area contributed by atoms with Gasteiger partial charge in [0.25, 0.3) is 5.91 Å². The lowest BCUT2D eigenvalue weighted by Crippen LogP contribution is -2.44. The largest absolute Gasteiger partial charge is 0.479 e. The van der Waals surface area contributed by atoms with E-state index in [9.17, 15) is 4.79 Å². The lowest BCUT2D eigenvalue weighted by molar-refractivity contribution is -0.125. The Balaban J connectivity index is 2.36. The molecule has 0 radical (unpaired) electrons. The van der Waals surface area contributed by atoms with Crippen LogP contribution in [0.4, 0.5) is 5.69 Å². The average Bonchev–Trinajstić information content (AvgIpc) is 2.42.